The Balaban J connectivity index is 2.99. The van der Waals surface area contributed by atoms with Gasteiger partial charge in [0.1, 0.15) is 0 Å². The van der Waals surface area contributed by atoms with E-state index < -0.39 is 11.4 Å². The molecule has 0 saturated heterocycles. The molecular formula is C15H22O2. The van der Waals surface area contributed by atoms with E-state index in [2.05, 4.69) is 0 Å². The van der Waals surface area contributed by atoms with Crippen molar-refractivity contribution in [2.24, 2.45) is 5.41 Å². The largest absolute Gasteiger partial charge is 0.481 e. The van der Waals surface area contributed by atoms with Crippen molar-refractivity contribution in [3.63, 3.8) is 0 Å². The van der Waals surface area contributed by atoms with Crippen LogP contribution in [0.1, 0.15) is 46.0 Å². The van der Waals surface area contributed by atoms with Crippen molar-refractivity contribution in [3.8, 4) is 0 Å². The third-order valence-electron chi connectivity index (χ3n) is 3.56. The number of carboxylic acid groups (broad SMARTS) is 1. The minimum absolute atomic E-state index is 0.648. The molecular weight excluding hydrogens is 212 g/mol. The van der Waals surface area contributed by atoms with E-state index in [1.54, 1.807) is 0 Å². The third kappa shape index (κ3) is 3.09. The van der Waals surface area contributed by atoms with Crippen LogP contribution in [-0.2, 0) is 4.79 Å². The van der Waals surface area contributed by atoms with Crippen LogP contribution in [0.15, 0.2) is 36.0 Å². The Morgan fingerprint density at radius 2 is 1.76 bits per heavy atom. The van der Waals surface area contributed by atoms with Gasteiger partial charge in [0, 0.05) is 0 Å². The molecule has 17 heavy (non-hydrogen) atoms. The molecule has 0 bridgehead atoms. The fourth-order valence-corrected chi connectivity index (χ4v) is 2.58. The number of hydrogen-bond donors (Lipinski definition) is 1. The van der Waals surface area contributed by atoms with E-state index >= 15 is 0 Å². The topological polar surface area (TPSA) is 37.3 Å². The van der Waals surface area contributed by atoms with Crippen LogP contribution in [0.3, 0.4) is 0 Å². The van der Waals surface area contributed by atoms with E-state index in [0.717, 1.165) is 37.7 Å². The predicted octanol–water partition coefficient (Wildman–Crippen LogP) is 4.10. The summed E-state index contributed by atoms with van der Waals surface area (Å²) in [7, 11) is 0. The standard InChI is InChI=1S/C15H22O2/c1-3-5-7-10-13(4-2)15(14(16)17)11-8-6-9-12-15/h3-5,7,10H,6,8-9,11-12H2,1-2H3,(H,16,17)/b5-3-,10-7-,13-4+. The molecule has 1 saturated carbocycles. The third-order valence-corrected chi connectivity index (χ3v) is 3.56. The summed E-state index contributed by atoms with van der Waals surface area (Å²) in [6.07, 6.45) is 14.4. The quantitative estimate of drug-likeness (QED) is 0.743. The first kappa shape index (κ1) is 13.8. The van der Waals surface area contributed by atoms with Gasteiger partial charge in [-0.15, -0.1) is 0 Å². The zero-order chi connectivity index (χ0) is 12.7. The van der Waals surface area contributed by atoms with Crippen molar-refractivity contribution < 1.29 is 9.90 Å². The maximum absolute atomic E-state index is 11.6. The van der Waals surface area contributed by atoms with Crippen LogP contribution < -0.4 is 0 Å². The Hall–Kier alpha value is -1.31. The molecule has 1 aliphatic rings. The number of rotatable bonds is 4. The van der Waals surface area contributed by atoms with Crippen LogP contribution in [0, 0.1) is 5.41 Å². The fraction of sp³-hybridized carbons (Fsp3) is 0.533. The van der Waals surface area contributed by atoms with Gasteiger partial charge in [0.25, 0.3) is 0 Å². The molecule has 2 heteroatoms. The van der Waals surface area contributed by atoms with Gasteiger partial charge in [-0.05, 0) is 32.3 Å². The first-order valence-electron chi connectivity index (χ1n) is 6.37. The first-order valence-corrected chi connectivity index (χ1v) is 6.37. The number of carboxylic acids is 1. The molecule has 1 fully saturated rings. The second-order valence-corrected chi connectivity index (χ2v) is 4.58. The molecule has 0 aliphatic heterocycles. The van der Waals surface area contributed by atoms with Gasteiger partial charge in [-0.25, -0.2) is 0 Å². The van der Waals surface area contributed by atoms with Gasteiger partial charge in [-0.3, -0.25) is 4.79 Å². The van der Waals surface area contributed by atoms with Gasteiger partial charge in [-0.2, -0.15) is 0 Å². The predicted molar refractivity (Wildman–Crippen MR) is 70.9 cm³/mol. The molecule has 1 rings (SSSR count). The summed E-state index contributed by atoms with van der Waals surface area (Å²) in [5.74, 6) is -0.671. The molecule has 0 aromatic rings. The zero-order valence-corrected chi connectivity index (χ0v) is 10.8. The van der Waals surface area contributed by atoms with Crippen molar-refractivity contribution in [1.82, 2.24) is 0 Å². The van der Waals surface area contributed by atoms with Crippen LogP contribution in [0.4, 0.5) is 0 Å². The molecule has 0 amide bonds. The molecule has 94 valence electrons. The van der Waals surface area contributed by atoms with E-state index in [1.807, 2.05) is 44.2 Å². The van der Waals surface area contributed by atoms with Crippen molar-refractivity contribution in [3.05, 3.63) is 36.0 Å². The minimum Gasteiger partial charge on any atom is -0.481 e. The highest BCUT2D eigenvalue weighted by Crippen LogP contribution is 2.43. The number of hydrogen-bond acceptors (Lipinski definition) is 1. The van der Waals surface area contributed by atoms with Gasteiger partial charge in [0.05, 0.1) is 5.41 Å². The summed E-state index contributed by atoms with van der Waals surface area (Å²) >= 11 is 0. The molecule has 1 aliphatic carbocycles. The Morgan fingerprint density at radius 1 is 1.12 bits per heavy atom. The van der Waals surface area contributed by atoms with Crippen LogP contribution >= 0.6 is 0 Å². The Kier molecular flexibility index (Phi) is 5.20. The molecule has 0 aromatic carbocycles. The summed E-state index contributed by atoms with van der Waals surface area (Å²) in [4.78, 5) is 11.6. The second kappa shape index (κ2) is 6.43. The average Bonchev–Trinajstić information content (AvgIpc) is 2.35. The molecule has 1 N–H and O–H groups in total. The van der Waals surface area contributed by atoms with Gasteiger partial charge in [0.15, 0.2) is 0 Å². The Bertz CT molecular complexity index is 342. The first-order chi connectivity index (χ1) is 8.17. The molecule has 2 nitrogen and oxygen atoms in total. The molecule has 0 atom stereocenters. The Morgan fingerprint density at radius 3 is 2.24 bits per heavy atom. The van der Waals surface area contributed by atoms with Crippen LogP contribution in [0.5, 0.6) is 0 Å². The summed E-state index contributed by atoms with van der Waals surface area (Å²) in [6, 6.07) is 0. The maximum Gasteiger partial charge on any atom is 0.314 e. The summed E-state index contributed by atoms with van der Waals surface area (Å²) in [6.45, 7) is 3.88. The van der Waals surface area contributed by atoms with E-state index in [0.29, 0.717) is 0 Å². The van der Waals surface area contributed by atoms with Gasteiger partial charge >= 0.3 is 5.97 Å². The van der Waals surface area contributed by atoms with Crippen molar-refractivity contribution >= 4 is 5.97 Å². The number of aliphatic carboxylic acids is 1. The smallest absolute Gasteiger partial charge is 0.314 e. The lowest BCUT2D eigenvalue weighted by Gasteiger charge is -2.34. The molecule has 0 aromatic heterocycles. The van der Waals surface area contributed by atoms with Crippen LogP contribution in [-0.4, -0.2) is 11.1 Å². The highest BCUT2D eigenvalue weighted by atomic mass is 16.4. The summed E-state index contributed by atoms with van der Waals surface area (Å²) in [5, 5.41) is 9.55. The van der Waals surface area contributed by atoms with Gasteiger partial charge < -0.3 is 5.11 Å². The zero-order valence-electron chi connectivity index (χ0n) is 10.8. The second-order valence-electron chi connectivity index (χ2n) is 4.58. The lowest BCUT2D eigenvalue weighted by atomic mass is 9.69. The fourth-order valence-electron chi connectivity index (χ4n) is 2.58. The van der Waals surface area contributed by atoms with E-state index in [-0.39, 0.29) is 0 Å². The average molecular weight is 234 g/mol. The van der Waals surface area contributed by atoms with Crippen LogP contribution in [0.2, 0.25) is 0 Å². The van der Waals surface area contributed by atoms with Crippen molar-refractivity contribution in [2.75, 3.05) is 0 Å². The minimum atomic E-state index is -0.671. The SMILES string of the molecule is C\C=C/C=C\C(=C/C)C1(C(=O)O)CCCCC1. The summed E-state index contributed by atoms with van der Waals surface area (Å²) < 4.78 is 0. The summed E-state index contributed by atoms with van der Waals surface area (Å²) in [5.41, 5.74) is 0.299. The molecule has 0 heterocycles. The number of carbonyl (C=O) groups is 1. The molecule has 0 radical (unpaired) electrons. The van der Waals surface area contributed by atoms with Crippen molar-refractivity contribution in [1.29, 1.82) is 0 Å². The lowest BCUT2D eigenvalue weighted by Crippen LogP contribution is -2.34. The van der Waals surface area contributed by atoms with Crippen LogP contribution in [0.25, 0.3) is 0 Å². The maximum atomic E-state index is 11.6. The highest BCUT2D eigenvalue weighted by Gasteiger charge is 2.41. The van der Waals surface area contributed by atoms with Gasteiger partial charge in [0.2, 0.25) is 0 Å². The number of allylic oxidation sites excluding steroid dienone is 5. The normalized spacial score (nSPS) is 21.2. The van der Waals surface area contributed by atoms with E-state index in [1.165, 1.54) is 0 Å². The highest BCUT2D eigenvalue weighted by molar-refractivity contribution is 5.79. The van der Waals surface area contributed by atoms with Gasteiger partial charge in [-0.1, -0.05) is 49.6 Å². The van der Waals surface area contributed by atoms with E-state index in [9.17, 15) is 9.90 Å². The van der Waals surface area contributed by atoms with E-state index in [4.69, 9.17) is 0 Å². The monoisotopic (exact) mass is 234 g/mol. The lowest BCUT2D eigenvalue weighted by molar-refractivity contribution is -0.148. The molecule has 0 unspecified atom stereocenters. The van der Waals surface area contributed by atoms with Crippen molar-refractivity contribution in [2.45, 2.75) is 46.0 Å². The Labute approximate surface area is 104 Å². The molecule has 0 spiro atoms.